The van der Waals surface area contributed by atoms with Gasteiger partial charge in [0.25, 0.3) is 0 Å². The number of carbonyl (C=O) groups excluding carboxylic acids is 1. The maximum atomic E-state index is 13.0. The molecule has 0 amide bonds. The molecule has 1 heterocycles. The number of ether oxygens (including phenoxy) is 3. The number of ketones is 1. The molecule has 0 spiro atoms. The van der Waals surface area contributed by atoms with Crippen LogP contribution in [0.2, 0.25) is 18.1 Å². The van der Waals surface area contributed by atoms with Gasteiger partial charge in [0.1, 0.15) is 12.9 Å². The maximum Gasteiger partial charge on any atom is 0.191 e. The molecule has 1 saturated heterocycles. The van der Waals surface area contributed by atoms with Crippen LogP contribution in [0.3, 0.4) is 0 Å². The quantitative estimate of drug-likeness (QED) is 0.257. The van der Waals surface area contributed by atoms with E-state index in [4.69, 9.17) is 18.6 Å². The van der Waals surface area contributed by atoms with Crippen LogP contribution in [0.15, 0.2) is 12.7 Å². The molecule has 1 aliphatic rings. The molecule has 1 fully saturated rings. The van der Waals surface area contributed by atoms with E-state index in [0.717, 1.165) is 12.8 Å². The molecule has 0 aromatic heterocycles. The molecule has 164 valence electrons. The Kier molecular flexibility index (Phi) is 10.0. The van der Waals surface area contributed by atoms with Crippen LogP contribution in [0.4, 0.5) is 0 Å². The molecule has 0 aromatic rings. The minimum Gasteiger partial charge on any atom is -0.416 e. The standard InChI is InChI=1S/C22H42O5Si/c1-10-11-20-16(2)12-18(27-20)13-19(23)21(25-15-24-7)17(3)14-26-28(8,9)22(4,5)6/h10,16-18,20-21H,1,11-15H2,2-9H3/t16-,17+,18+,20-,21-/m0/s1. The molecule has 0 radical (unpaired) electrons. The minimum absolute atomic E-state index is 0.0421. The van der Waals surface area contributed by atoms with Crippen LogP contribution in [-0.2, 0) is 23.4 Å². The highest BCUT2D eigenvalue weighted by atomic mass is 28.4. The Labute approximate surface area is 173 Å². The third kappa shape index (κ3) is 7.37. The molecule has 6 heteroatoms. The molecule has 0 N–H and O–H groups in total. The number of carbonyl (C=O) groups is 1. The lowest BCUT2D eigenvalue weighted by Gasteiger charge is -2.37. The van der Waals surface area contributed by atoms with Crippen molar-refractivity contribution in [3.05, 3.63) is 12.7 Å². The fraction of sp³-hybridized carbons (Fsp3) is 0.864. The summed E-state index contributed by atoms with van der Waals surface area (Å²) in [5, 5.41) is 0.133. The highest BCUT2D eigenvalue weighted by Gasteiger charge is 2.39. The van der Waals surface area contributed by atoms with Crippen molar-refractivity contribution in [1.82, 2.24) is 0 Å². The molecule has 0 saturated carbocycles. The van der Waals surface area contributed by atoms with Gasteiger partial charge in [-0.1, -0.05) is 40.7 Å². The summed E-state index contributed by atoms with van der Waals surface area (Å²) in [7, 11) is -0.306. The first-order valence-electron chi connectivity index (χ1n) is 10.5. The second-order valence-electron chi connectivity index (χ2n) is 9.75. The second kappa shape index (κ2) is 11.0. The fourth-order valence-corrected chi connectivity index (χ4v) is 4.40. The van der Waals surface area contributed by atoms with Crippen molar-refractivity contribution >= 4 is 14.1 Å². The molecule has 5 atom stereocenters. The lowest BCUT2D eigenvalue weighted by atomic mass is 9.94. The van der Waals surface area contributed by atoms with Crippen LogP contribution in [0.25, 0.3) is 0 Å². The van der Waals surface area contributed by atoms with Gasteiger partial charge in [0, 0.05) is 26.1 Å². The topological polar surface area (TPSA) is 54.0 Å². The van der Waals surface area contributed by atoms with Crippen molar-refractivity contribution in [1.29, 1.82) is 0 Å². The molecule has 0 aliphatic carbocycles. The smallest absolute Gasteiger partial charge is 0.191 e. The van der Waals surface area contributed by atoms with Crippen molar-refractivity contribution in [2.24, 2.45) is 11.8 Å². The van der Waals surface area contributed by atoms with E-state index in [2.05, 4.69) is 47.4 Å². The summed E-state index contributed by atoms with van der Waals surface area (Å²) in [6, 6.07) is 0. The Hall–Kier alpha value is -0.533. The van der Waals surface area contributed by atoms with Crippen LogP contribution in [0.5, 0.6) is 0 Å². The van der Waals surface area contributed by atoms with Gasteiger partial charge in [0.15, 0.2) is 14.1 Å². The first-order valence-corrected chi connectivity index (χ1v) is 13.4. The van der Waals surface area contributed by atoms with E-state index in [1.165, 1.54) is 0 Å². The summed E-state index contributed by atoms with van der Waals surface area (Å²) in [6.45, 7) is 19.7. The lowest BCUT2D eigenvalue weighted by Crippen LogP contribution is -2.44. The summed E-state index contributed by atoms with van der Waals surface area (Å²) in [5.41, 5.74) is 0. The number of hydrogen-bond donors (Lipinski definition) is 0. The summed E-state index contributed by atoms with van der Waals surface area (Å²) < 4.78 is 23.2. The third-order valence-corrected chi connectivity index (χ3v) is 10.7. The van der Waals surface area contributed by atoms with Crippen LogP contribution in [0, 0.1) is 11.8 Å². The molecular formula is C22H42O5Si. The molecule has 0 aromatic carbocycles. The zero-order chi connectivity index (χ0) is 21.5. The van der Waals surface area contributed by atoms with Crippen molar-refractivity contribution in [3.63, 3.8) is 0 Å². The monoisotopic (exact) mass is 414 g/mol. The molecule has 1 aliphatic heterocycles. The van der Waals surface area contributed by atoms with Gasteiger partial charge in [0.2, 0.25) is 0 Å². The normalized spacial score (nSPS) is 25.5. The van der Waals surface area contributed by atoms with E-state index >= 15 is 0 Å². The highest BCUT2D eigenvalue weighted by molar-refractivity contribution is 6.74. The van der Waals surface area contributed by atoms with E-state index in [-0.39, 0.29) is 35.7 Å². The summed E-state index contributed by atoms with van der Waals surface area (Å²) in [5.74, 6) is 0.466. The third-order valence-electron chi connectivity index (χ3n) is 6.18. The number of rotatable bonds is 12. The van der Waals surface area contributed by atoms with E-state index in [1.54, 1.807) is 7.11 Å². The van der Waals surface area contributed by atoms with Crippen LogP contribution in [0.1, 0.15) is 53.9 Å². The Morgan fingerprint density at radius 1 is 1.36 bits per heavy atom. The van der Waals surface area contributed by atoms with Crippen molar-refractivity contribution in [2.75, 3.05) is 20.5 Å². The van der Waals surface area contributed by atoms with E-state index in [9.17, 15) is 4.79 Å². The van der Waals surface area contributed by atoms with Crippen molar-refractivity contribution in [2.45, 2.75) is 90.3 Å². The van der Waals surface area contributed by atoms with Crippen LogP contribution >= 0.6 is 0 Å². The van der Waals surface area contributed by atoms with E-state index < -0.39 is 14.4 Å². The van der Waals surface area contributed by atoms with Crippen LogP contribution in [-0.4, -0.2) is 52.9 Å². The minimum atomic E-state index is -1.87. The molecule has 5 nitrogen and oxygen atoms in total. The Morgan fingerprint density at radius 3 is 2.54 bits per heavy atom. The Morgan fingerprint density at radius 2 is 2.00 bits per heavy atom. The number of methoxy groups -OCH3 is 1. The predicted octanol–water partition coefficient (Wildman–Crippen LogP) is 4.96. The first kappa shape index (κ1) is 25.5. The zero-order valence-corrected chi connectivity index (χ0v) is 20.2. The summed E-state index contributed by atoms with van der Waals surface area (Å²) >= 11 is 0. The van der Waals surface area contributed by atoms with Gasteiger partial charge in [-0.15, -0.1) is 6.58 Å². The van der Waals surface area contributed by atoms with Crippen molar-refractivity contribution in [3.8, 4) is 0 Å². The van der Waals surface area contributed by atoms with Crippen molar-refractivity contribution < 1.29 is 23.4 Å². The van der Waals surface area contributed by atoms with Gasteiger partial charge >= 0.3 is 0 Å². The average molecular weight is 415 g/mol. The van der Waals surface area contributed by atoms with Crippen LogP contribution < -0.4 is 0 Å². The maximum absolute atomic E-state index is 13.0. The SMILES string of the molecule is C=CC[C@@H]1O[C@@H](CC(=O)[C@@H](OCOC)[C@H](C)CO[Si](C)(C)C(C)(C)C)C[C@@H]1C. The van der Waals surface area contributed by atoms with Gasteiger partial charge in [0.05, 0.1) is 12.2 Å². The summed E-state index contributed by atoms with van der Waals surface area (Å²) in [4.78, 5) is 13.0. The number of hydrogen-bond acceptors (Lipinski definition) is 5. The molecule has 0 unspecified atom stereocenters. The predicted molar refractivity (Wildman–Crippen MR) is 116 cm³/mol. The Bertz CT molecular complexity index is 500. The average Bonchev–Trinajstić information content (AvgIpc) is 2.92. The first-order chi connectivity index (χ1) is 12.9. The molecule has 0 bridgehead atoms. The van der Waals surface area contributed by atoms with Gasteiger partial charge in [-0.2, -0.15) is 0 Å². The fourth-order valence-electron chi connectivity index (χ4n) is 3.29. The molecule has 28 heavy (non-hydrogen) atoms. The number of Topliss-reactive ketones (excluding diaryl/α,β-unsaturated/α-hetero) is 1. The highest BCUT2D eigenvalue weighted by Crippen LogP contribution is 2.37. The Balaban J connectivity index is 2.70. The van der Waals surface area contributed by atoms with Gasteiger partial charge in [-0.3, -0.25) is 4.79 Å². The van der Waals surface area contributed by atoms with Gasteiger partial charge in [-0.05, 0) is 36.9 Å². The molecule has 1 rings (SSSR count). The lowest BCUT2D eigenvalue weighted by molar-refractivity contribution is -0.148. The summed E-state index contributed by atoms with van der Waals surface area (Å²) in [6.07, 6.45) is 3.56. The van der Waals surface area contributed by atoms with Gasteiger partial charge in [-0.25, -0.2) is 0 Å². The largest absolute Gasteiger partial charge is 0.416 e. The van der Waals surface area contributed by atoms with E-state index in [0.29, 0.717) is 18.9 Å². The second-order valence-corrected chi connectivity index (χ2v) is 14.6. The molecular weight excluding hydrogens is 372 g/mol. The van der Waals surface area contributed by atoms with E-state index in [1.807, 2.05) is 13.0 Å². The van der Waals surface area contributed by atoms with Gasteiger partial charge < -0.3 is 18.6 Å². The zero-order valence-electron chi connectivity index (χ0n) is 19.2.